The normalized spacial score (nSPS) is 15.4. The van der Waals surface area contributed by atoms with Crippen LogP contribution in [0.4, 0.5) is 0 Å². The maximum absolute atomic E-state index is 13.1. The van der Waals surface area contributed by atoms with Crippen LogP contribution in [0.15, 0.2) is 23.2 Å². The second-order valence-electron chi connectivity index (χ2n) is 6.60. The lowest BCUT2D eigenvalue weighted by atomic mass is 10.1. The molecule has 0 saturated carbocycles. The van der Waals surface area contributed by atoms with Crippen molar-refractivity contribution in [2.24, 2.45) is 0 Å². The van der Waals surface area contributed by atoms with Crippen LogP contribution in [0.25, 0.3) is 0 Å². The van der Waals surface area contributed by atoms with Crippen LogP contribution in [-0.4, -0.2) is 37.7 Å². The van der Waals surface area contributed by atoms with Crippen molar-refractivity contribution in [3.63, 3.8) is 0 Å². The van der Waals surface area contributed by atoms with Gasteiger partial charge in [-0.2, -0.15) is 8.42 Å². The number of nitrogens with zero attached hydrogens (tertiary/aromatic N) is 2. The van der Waals surface area contributed by atoms with E-state index in [2.05, 4.69) is 4.98 Å². The van der Waals surface area contributed by atoms with Crippen molar-refractivity contribution in [2.75, 3.05) is 13.2 Å². The van der Waals surface area contributed by atoms with Gasteiger partial charge in [-0.1, -0.05) is 37.0 Å². The molecule has 1 saturated heterocycles. The van der Waals surface area contributed by atoms with Crippen LogP contribution in [-0.2, 0) is 37.5 Å². The molecule has 2 heterocycles. The highest BCUT2D eigenvalue weighted by Gasteiger charge is 2.31. The molecule has 1 aliphatic rings. The number of imidazole rings is 1. The highest BCUT2D eigenvalue weighted by Crippen LogP contribution is 2.31. The summed E-state index contributed by atoms with van der Waals surface area (Å²) in [6, 6.07) is 4.25. The fourth-order valence-electron chi connectivity index (χ4n) is 2.90. The van der Waals surface area contributed by atoms with Gasteiger partial charge in [0.25, 0.3) is 6.48 Å². The van der Waals surface area contributed by atoms with Crippen LogP contribution in [0.5, 0.6) is 5.75 Å². The van der Waals surface area contributed by atoms with E-state index >= 15 is 0 Å². The Bertz CT molecular complexity index is 951. The Morgan fingerprint density at radius 1 is 1.21 bits per heavy atom. The van der Waals surface area contributed by atoms with Crippen LogP contribution < -0.4 is 4.18 Å². The van der Waals surface area contributed by atoms with E-state index in [-0.39, 0.29) is 33.3 Å². The Balaban J connectivity index is 1.96. The minimum Gasteiger partial charge on any atom is -0.378 e. The SMILES string of the molecule is CCn1c(COC2OCCO2)nc(C(C)C)c1S(=O)(=O)Oc1cc(Cl)cc(Cl)c1. The van der Waals surface area contributed by atoms with Crippen molar-refractivity contribution in [2.45, 2.75) is 51.3 Å². The summed E-state index contributed by atoms with van der Waals surface area (Å²) in [7, 11) is -4.22. The van der Waals surface area contributed by atoms with E-state index < -0.39 is 16.6 Å². The molecule has 1 aromatic carbocycles. The summed E-state index contributed by atoms with van der Waals surface area (Å²) in [6.07, 6.45) is 0. The van der Waals surface area contributed by atoms with Gasteiger partial charge >= 0.3 is 10.1 Å². The van der Waals surface area contributed by atoms with Crippen LogP contribution >= 0.6 is 23.2 Å². The zero-order chi connectivity index (χ0) is 21.2. The van der Waals surface area contributed by atoms with Crippen molar-refractivity contribution < 1.29 is 26.8 Å². The molecular weight excluding hydrogens is 443 g/mol. The number of halogens is 2. The van der Waals surface area contributed by atoms with Crippen LogP contribution in [0.1, 0.15) is 38.2 Å². The highest BCUT2D eigenvalue weighted by molar-refractivity contribution is 7.87. The van der Waals surface area contributed by atoms with Crippen LogP contribution in [0.3, 0.4) is 0 Å². The molecule has 0 amide bonds. The van der Waals surface area contributed by atoms with Gasteiger partial charge in [0.1, 0.15) is 18.2 Å². The van der Waals surface area contributed by atoms with Gasteiger partial charge in [-0.15, -0.1) is 0 Å². The lowest BCUT2D eigenvalue weighted by Crippen LogP contribution is -2.19. The highest BCUT2D eigenvalue weighted by atomic mass is 35.5. The maximum Gasteiger partial charge on any atom is 0.357 e. The zero-order valence-corrected chi connectivity index (χ0v) is 18.6. The average Bonchev–Trinajstić information content (AvgIpc) is 3.26. The molecule has 0 bridgehead atoms. The molecular formula is C18H22Cl2N2O6S. The first-order valence-corrected chi connectivity index (χ1v) is 11.2. The van der Waals surface area contributed by atoms with Gasteiger partial charge in [0.15, 0.2) is 5.03 Å². The molecule has 0 aliphatic carbocycles. The Labute approximate surface area is 179 Å². The van der Waals surface area contributed by atoms with Crippen molar-refractivity contribution in [3.05, 3.63) is 39.8 Å². The Kier molecular flexibility index (Phi) is 7.08. The minimum atomic E-state index is -4.22. The molecule has 8 nitrogen and oxygen atoms in total. The Hall–Kier alpha value is -1.36. The summed E-state index contributed by atoms with van der Waals surface area (Å²) >= 11 is 11.9. The summed E-state index contributed by atoms with van der Waals surface area (Å²) in [6.45, 7) is 5.99. The molecule has 1 aromatic heterocycles. The van der Waals surface area contributed by atoms with Gasteiger partial charge in [0.2, 0.25) is 0 Å². The summed E-state index contributed by atoms with van der Waals surface area (Å²) in [5, 5.41) is 0.501. The summed E-state index contributed by atoms with van der Waals surface area (Å²) < 4.78 is 49.2. The fourth-order valence-corrected chi connectivity index (χ4v) is 4.87. The third-order valence-corrected chi connectivity index (χ3v) is 5.86. The monoisotopic (exact) mass is 464 g/mol. The fraction of sp³-hybridized carbons (Fsp3) is 0.500. The van der Waals surface area contributed by atoms with Crippen LogP contribution in [0.2, 0.25) is 10.0 Å². The van der Waals surface area contributed by atoms with Gasteiger partial charge in [-0.3, -0.25) is 0 Å². The van der Waals surface area contributed by atoms with E-state index in [4.69, 9.17) is 41.6 Å². The first-order chi connectivity index (χ1) is 13.7. The molecule has 2 aromatic rings. The van der Waals surface area contributed by atoms with E-state index in [0.717, 1.165) is 0 Å². The first-order valence-electron chi connectivity index (χ1n) is 9.06. The van der Waals surface area contributed by atoms with E-state index in [1.165, 1.54) is 18.2 Å². The zero-order valence-electron chi connectivity index (χ0n) is 16.2. The number of benzene rings is 1. The standard InChI is InChI=1S/C18H22Cl2N2O6S/c1-4-22-15(10-27-18-25-5-6-26-18)21-16(11(2)3)17(22)29(23,24)28-14-8-12(19)7-13(20)9-14/h7-9,11,18H,4-6,10H2,1-3H3. The van der Waals surface area contributed by atoms with E-state index in [1.807, 2.05) is 20.8 Å². The van der Waals surface area contributed by atoms with E-state index in [9.17, 15) is 8.42 Å². The van der Waals surface area contributed by atoms with E-state index in [0.29, 0.717) is 31.3 Å². The summed E-state index contributed by atoms with van der Waals surface area (Å²) in [5.74, 6) is 0.282. The quantitative estimate of drug-likeness (QED) is 0.546. The van der Waals surface area contributed by atoms with E-state index in [1.54, 1.807) is 4.57 Å². The molecule has 11 heteroatoms. The maximum atomic E-state index is 13.1. The molecule has 1 aliphatic heterocycles. The van der Waals surface area contributed by atoms with Crippen molar-refractivity contribution in [1.29, 1.82) is 0 Å². The Morgan fingerprint density at radius 2 is 1.83 bits per heavy atom. The molecule has 29 heavy (non-hydrogen) atoms. The van der Waals surface area contributed by atoms with Crippen molar-refractivity contribution in [1.82, 2.24) is 9.55 Å². The molecule has 160 valence electrons. The van der Waals surface area contributed by atoms with Gasteiger partial charge < -0.3 is 23.0 Å². The van der Waals surface area contributed by atoms with Crippen LogP contribution in [0, 0.1) is 0 Å². The van der Waals surface area contributed by atoms with Gasteiger partial charge in [0.05, 0.1) is 18.9 Å². The Morgan fingerprint density at radius 3 is 2.38 bits per heavy atom. The van der Waals surface area contributed by atoms with Gasteiger partial charge in [-0.25, -0.2) is 4.98 Å². The molecule has 0 unspecified atom stereocenters. The number of hydrogen-bond acceptors (Lipinski definition) is 7. The summed E-state index contributed by atoms with van der Waals surface area (Å²) in [5.41, 5.74) is 0.381. The van der Waals surface area contributed by atoms with Gasteiger partial charge in [0, 0.05) is 28.7 Å². The lowest BCUT2D eigenvalue weighted by molar-refractivity contribution is -0.237. The molecule has 0 spiro atoms. The second kappa shape index (κ2) is 9.20. The average molecular weight is 465 g/mol. The number of rotatable bonds is 8. The minimum absolute atomic E-state index is 0.0200. The lowest BCUT2D eigenvalue weighted by Gasteiger charge is -2.14. The molecule has 0 atom stereocenters. The molecule has 1 fully saturated rings. The number of aromatic nitrogens is 2. The third kappa shape index (κ3) is 5.22. The van der Waals surface area contributed by atoms with Crippen molar-refractivity contribution in [3.8, 4) is 5.75 Å². The number of ether oxygens (including phenoxy) is 3. The largest absolute Gasteiger partial charge is 0.378 e. The first kappa shape index (κ1) is 22.3. The second-order valence-corrected chi connectivity index (χ2v) is 8.94. The molecule has 0 N–H and O–H groups in total. The van der Waals surface area contributed by atoms with Crippen molar-refractivity contribution >= 4 is 33.3 Å². The predicted octanol–water partition coefficient (Wildman–Crippen LogP) is 3.95. The summed E-state index contributed by atoms with van der Waals surface area (Å²) in [4.78, 5) is 4.50. The topological polar surface area (TPSA) is 88.9 Å². The molecule has 3 rings (SSSR count). The number of hydrogen-bond donors (Lipinski definition) is 0. The smallest absolute Gasteiger partial charge is 0.357 e. The van der Waals surface area contributed by atoms with Gasteiger partial charge in [-0.05, 0) is 18.9 Å². The molecule has 0 radical (unpaired) electrons. The third-order valence-electron chi connectivity index (χ3n) is 4.11. The predicted molar refractivity (Wildman–Crippen MR) is 107 cm³/mol.